The molecule has 0 unspecified atom stereocenters. The lowest BCUT2D eigenvalue weighted by Gasteiger charge is -2.37. The highest BCUT2D eigenvalue weighted by Gasteiger charge is 2.24. The molecule has 0 aliphatic carbocycles. The largest absolute Gasteiger partial charge is 0.393 e. The number of anilines is 4. The van der Waals surface area contributed by atoms with Crippen LogP contribution in [0, 0.1) is 5.82 Å². The number of rotatable bonds is 3. The van der Waals surface area contributed by atoms with Crippen LogP contribution in [0.25, 0.3) is 0 Å². The van der Waals surface area contributed by atoms with Gasteiger partial charge in [0.2, 0.25) is 0 Å². The normalized spacial score (nSPS) is 18.5. The second-order valence-electron chi connectivity index (χ2n) is 7.26. The molecular weight excluding hydrogens is 343 g/mol. The van der Waals surface area contributed by atoms with Crippen LogP contribution in [-0.2, 0) is 0 Å². The van der Waals surface area contributed by atoms with E-state index in [-0.39, 0.29) is 5.82 Å². The first-order chi connectivity index (χ1) is 13.2. The van der Waals surface area contributed by atoms with E-state index in [9.17, 15) is 4.39 Å². The van der Waals surface area contributed by atoms with Gasteiger partial charge in [-0.25, -0.2) is 14.4 Å². The van der Waals surface area contributed by atoms with Crippen molar-refractivity contribution in [2.75, 3.05) is 59.7 Å². The summed E-state index contributed by atoms with van der Waals surface area (Å²) in [5, 5.41) is 0. The van der Waals surface area contributed by atoms with Crippen LogP contribution in [0.1, 0.15) is 25.7 Å². The number of para-hydroxylation sites is 1. The van der Waals surface area contributed by atoms with E-state index < -0.39 is 0 Å². The molecule has 0 radical (unpaired) electrons. The van der Waals surface area contributed by atoms with Crippen molar-refractivity contribution in [3.05, 3.63) is 36.4 Å². The van der Waals surface area contributed by atoms with E-state index in [1.165, 1.54) is 31.7 Å². The summed E-state index contributed by atoms with van der Waals surface area (Å²) in [6.45, 7) is 5.00. The van der Waals surface area contributed by atoms with Crippen molar-refractivity contribution in [1.29, 1.82) is 0 Å². The Morgan fingerprint density at radius 2 is 1.30 bits per heavy atom. The number of hydrogen-bond donors (Lipinski definition) is 1. The number of nitrogens with zero attached hydrogens (tertiary/aromatic N) is 5. The van der Waals surface area contributed by atoms with Gasteiger partial charge >= 0.3 is 0 Å². The van der Waals surface area contributed by atoms with Gasteiger partial charge in [0.05, 0.1) is 5.69 Å². The zero-order valence-electron chi connectivity index (χ0n) is 15.6. The molecule has 1 aromatic carbocycles. The minimum Gasteiger partial charge on any atom is -0.393 e. The summed E-state index contributed by atoms with van der Waals surface area (Å²) in [4.78, 5) is 15.5. The number of hydrogen-bond acceptors (Lipinski definition) is 6. The minimum atomic E-state index is -0.170. The molecule has 1 aromatic heterocycles. The first kappa shape index (κ1) is 17.8. The number of piperazine rings is 1. The number of nitrogen functional groups attached to an aromatic ring is 1. The summed E-state index contributed by atoms with van der Waals surface area (Å²) in [5.41, 5.74) is 7.81. The molecule has 7 heteroatoms. The van der Waals surface area contributed by atoms with Crippen LogP contribution in [0.4, 0.5) is 27.4 Å². The molecule has 0 saturated carbocycles. The van der Waals surface area contributed by atoms with Crippen molar-refractivity contribution < 1.29 is 4.39 Å². The van der Waals surface area contributed by atoms with Crippen LogP contribution in [0.15, 0.2) is 30.6 Å². The SMILES string of the molecule is Nc1c(N2CCCCCC2)ncnc1N1CCN(c2ccccc2F)CC1. The van der Waals surface area contributed by atoms with Crippen molar-refractivity contribution in [3.8, 4) is 0 Å². The Hall–Kier alpha value is -2.57. The quantitative estimate of drug-likeness (QED) is 0.896. The third-order valence-corrected chi connectivity index (χ3v) is 5.52. The van der Waals surface area contributed by atoms with Gasteiger partial charge in [0.1, 0.15) is 17.8 Å². The summed E-state index contributed by atoms with van der Waals surface area (Å²) < 4.78 is 14.0. The summed E-state index contributed by atoms with van der Waals surface area (Å²) in [6, 6.07) is 6.95. The third-order valence-electron chi connectivity index (χ3n) is 5.52. The van der Waals surface area contributed by atoms with Gasteiger partial charge in [0, 0.05) is 39.3 Å². The van der Waals surface area contributed by atoms with E-state index in [1.54, 1.807) is 12.4 Å². The van der Waals surface area contributed by atoms with Crippen LogP contribution in [0.3, 0.4) is 0 Å². The summed E-state index contributed by atoms with van der Waals surface area (Å²) in [6.07, 6.45) is 6.52. The average Bonchev–Trinajstić information content (AvgIpc) is 2.98. The van der Waals surface area contributed by atoms with Gasteiger partial charge in [0.25, 0.3) is 0 Å². The predicted octanol–water partition coefficient (Wildman–Crippen LogP) is 2.90. The standard InChI is InChI=1S/C20H27FN6/c21-16-7-3-4-8-17(16)25-11-13-27(14-12-25)20-18(22)19(23-15-24-20)26-9-5-1-2-6-10-26/h3-4,7-8,15H,1-2,5-6,9-14,22H2. The zero-order chi connectivity index (χ0) is 18.6. The second-order valence-corrected chi connectivity index (χ2v) is 7.26. The van der Waals surface area contributed by atoms with E-state index in [0.29, 0.717) is 11.4 Å². The molecule has 2 saturated heterocycles. The maximum absolute atomic E-state index is 14.0. The van der Waals surface area contributed by atoms with Crippen LogP contribution in [0.5, 0.6) is 0 Å². The molecule has 2 aliphatic heterocycles. The van der Waals surface area contributed by atoms with Gasteiger partial charge < -0.3 is 20.4 Å². The molecule has 0 amide bonds. The molecule has 4 rings (SSSR count). The highest BCUT2D eigenvalue weighted by atomic mass is 19.1. The Morgan fingerprint density at radius 1 is 0.741 bits per heavy atom. The lowest BCUT2D eigenvalue weighted by molar-refractivity contribution is 0.596. The number of aromatic nitrogens is 2. The second kappa shape index (κ2) is 7.98. The van der Waals surface area contributed by atoms with E-state index in [0.717, 1.165) is 50.9 Å². The molecule has 6 nitrogen and oxygen atoms in total. The van der Waals surface area contributed by atoms with E-state index in [4.69, 9.17) is 5.73 Å². The summed E-state index contributed by atoms with van der Waals surface area (Å²) >= 11 is 0. The Morgan fingerprint density at radius 3 is 1.93 bits per heavy atom. The van der Waals surface area contributed by atoms with Crippen molar-refractivity contribution in [2.24, 2.45) is 0 Å². The fourth-order valence-electron chi connectivity index (χ4n) is 4.03. The topological polar surface area (TPSA) is 61.5 Å². The average molecular weight is 370 g/mol. The maximum atomic E-state index is 14.0. The van der Waals surface area contributed by atoms with Crippen molar-refractivity contribution >= 4 is 23.0 Å². The lowest BCUT2D eigenvalue weighted by atomic mass is 10.2. The van der Waals surface area contributed by atoms with Gasteiger partial charge in [-0.15, -0.1) is 0 Å². The number of benzene rings is 1. The minimum absolute atomic E-state index is 0.170. The monoisotopic (exact) mass is 370 g/mol. The van der Waals surface area contributed by atoms with Crippen molar-refractivity contribution in [3.63, 3.8) is 0 Å². The van der Waals surface area contributed by atoms with E-state index in [2.05, 4.69) is 24.7 Å². The molecule has 2 aromatic rings. The van der Waals surface area contributed by atoms with Crippen LogP contribution < -0.4 is 20.4 Å². The predicted molar refractivity (Wildman–Crippen MR) is 108 cm³/mol. The Bertz CT molecular complexity index is 767. The Balaban J connectivity index is 1.48. The van der Waals surface area contributed by atoms with Gasteiger partial charge in [0.15, 0.2) is 11.6 Å². The van der Waals surface area contributed by atoms with E-state index in [1.807, 2.05) is 12.1 Å². The zero-order valence-corrected chi connectivity index (χ0v) is 15.6. The smallest absolute Gasteiger partial charge is 0.157 e. The first-order valence-corrected chi connectivity index (χ1v) is 9.84. The highest BCUT2D eigenvalue weighted by molar-refractivity contribution is 5.76. The molecule has 27 heavy (non-hydrogen) atoms. The molecule has 2 N–H and O–H groups in total. The molecule has 3 heterocycles. The molecule has 0 bridgehead atoms. The summed E-state index contributed by atoms with van der Waals surface area (Å²) in [5.74, 6) is 1.49. The molecule has 2 aliphatic rings. The van der Waals surface area contributed by atoms with E-state index >= 15 is 0 Å². The molecule has 0 atom stereocenters. The fourth-order valence-corrected chi connectivity index (χ4v) is 4.03. The van der Waals surface area contributed by atoms with Crippen LogP contribution in [-0.4, -0.2) is 49.2 Å². The molecule has 2 fully saturated rings. The number of halogens is 1. The summed E-state index contributed by atoms with van der Waals surface area (Å²) in [7, 11) is 0. The highest BCUT2D eigenvalue weighted by Crippen LogP contribution is 2.31. The van der Waals surface area contributed by atoms with Crippen LogP contribution in [0.2, 0.25) is 0 Å². The Labute approximate surface area is 159 Å². The van der Waals surface area contributed by atoms with Gasteiger partial charge in [-0.2, -0.15) is 0 Å². The van der Waals surface area contributed by atoms with Crippen LogP contribution >= 0.6 is 0 Å². The van der Waals surface area contributed by atoms with Gasteiger partial charge in [-0.3, -0.25) is 0 Å². The van der Waals surface area contributed by atoms with Crippen molar-refractivity contribution in [1.82, 2.24) is 9.97 Å². The molecular formula is C20H27FN6. The first-order valence-electron chi connectivity index (χ1n) is 9.84. The Kier molecular flexibility index (Phi) is 5.27. The third kappa shape index (κ3) is 3.77. The van der Waals surface area contributed by atoms with Crippen molar-refractivity contribution in [2.45, 2.75) is 25.7 Å². The van der Waals surface area contributed by atoms with Gasteiger partial charge in [-0.05, 0) is 25.0 Å². The maximum Gasteiger partial charge on any atom is 0.157 e. The fraction of sp³-hybridized carbons (Fsp3) is 0.500. The number of nitrogens with two attached hydrogens (primary N) is 1. The lowest BCUT2D eigenvalue weighted by Crippen LogP contribution is -2.47. The van der Waals surface area contributed by atoms with Gasteiger partial charge in [-0.1, -0.05) is 25.0 Å². The molecule has 144 valence electrons. The molecule has 0 spiro atoms.